The minimum Gasteiger partial charge on any atom is -0.456 e. The smallest absolute Gasteiger partial charge is 0.162 e. The van der Waals surface area contributed by atoms with Gasteiger partial charge in [-0.25, -0.2) is 13.2 Å². The van der Waals surface area contributed by atoms with E-state index in [1.165, 1.54) is 6.07 Å². The summed E-state index contributed by atoms with van der Waals surface area (Å²) in [7, 11) is 0. The highest BCUT2D eigenvalue weighted by atomic mass is 35.5. The molecule has 0 atom stereocenters. The van der Waals surface area contributed by atoms with Crippen LogP contribution in [0.1, 0.15) is 25.3 Å². The van der Waals surface area contributed by atoms with Crippen molar-refractivity contribution in [2.45, 2.75) is 19.8 Å². The fraction of sp³-hybridized carbons (Fsp3) is 0.200. The van der Waals surface area contributed by atoms with E-state index in [-0.39, 0.29) is 22.4 Å². The topological polar surface area (TPSA) is 9.23 Å². The standard InChI is InChI=1S/C15H12ClF3O/c1-8(2)10-4-3-9(5-12(10)17)20-15-7-14(19)13(18)6-11(15)16/h3-8H,1-2H3. The summed E-state index contributed by atoms with van der Waals surface area (Å²) < 4.78 is 45.1. The van der Waals surface area contributed by atoms with E-state index >= 15 is 0 Å². The number of hydrogen-bond acceptors (Lipinski definition) is 1. The van der Waals surface area contributed by atoms with Crippen LogP contribution in [0.25, 0.3) is 0 Å². The van der Waals surface area contributed by atoms with Crippen LogP contribution in [0.15, 0.2) is 30.3 Å². The molecule has 0 saturated heterocycles. The number of benzene rings is 2. The Kier molecular flexibility index (Phi) is 4.23. The predicted octanol–water partition coefficient (Wildman–Crippen LogP) is 5.67. The van der Waals surface area contributed by atoms with Crippen molar-refractivity contribution in [2.24, 2.45) is 0 Å². The number of halogens is 4. The number of rotatable bonds is 3. The molecule has 0 aliphatic carbocycles. The van der Waals surface area contributed by atoms with E-state index in [4.69, 9.17) is 16.3 Å². The van der Waals surface area contributed by atoms with E-state index in [2.05, 4.69) is 0 Å². The van der Waals surface area contributed by atoms with Crippen molar-refractivity contribution in [2.75, 3.05) is 0 Å². The van der Waals surface area contributed by atoms with Crippen LogP contribution >= 0.6 is 11.6 Å². The van der Waals surface area contributed by atoms with Gasteiger partial charge in [0, 0.05) is 12.1 Å². The van der Waals surface area contributed by atoms with Crippen molar-refractivity contribution in [1.29, 1.82) is 0 Å². The SMILES string of the molecule is CC(C)c1ccc(Oc2cc(F)c(F)cc2Cl)cc1F. The zero-order valence-electron chi connectivity index (χ0n) is 10.9. The van der Waals surface area contributed by atoms with Crippen LogP contribution in [-0.2, 0) is 0 Å². The molecular formula is C15H12ClF3O. The van der Waals surface area contributed by atoms with Gasteiger partial charge >= 0.3 is 0 Å². The minimum atomic E-state index is -1.08. The average molecular weight is 301 g/mol. The van der Waals surface area contributed by atoms with E-state index in [0.29, 0.717) is 5.56 Å². The maximum Gasteiger partial charge on any atom is 0.162 e. The third-order valence-electron chi connectivity index (χ3n) is 2.80. The van der Waals surface area contributed by atoms with E-state index in [0.717, 1.165) is 12.1 Å². The average Bonchev–Trinajstić information content (AvgIpc) is 2.35. The highest BCUT2D eigenvalue weighted by molar-refractivity contribution is 6.32. The van der Waals surface area contributed by atoms with Gasteiger partial charge in [0.2, 0.25) is 0 Å². The summed E-state index contributed by atoms with van der Waals surface area (Å²) in [5, 5.41) is -0.0859. The van der Waals surface area contributed by atoms with Crippen molar-refractivity contribution in [1.82, 2.24) is 0 Å². The number of hydrogen-bond donors (Lipinski definition) is 0. The summed E-state index contributed by atoms with van der Waals surface area (Å²) in [6, 6.07) is 5.96. The fourth-order valence-corrected chi connectivity index (χ4v) is 1.94. The molecule has 2 aromatic carbocycles. The van der Waals surface area contributed by atoms with Crippen LogP contribution in [0.3, 0.4) is 0 Å². The molecule has 20 heavy (non-hydrogen) atoms. The maximum absolute atomic E-state index is 13.8. The second-order valence-corrected chi connectivity index (χ2v) is 5.04. The van der Waals surface area contributed by atoms with E-state index in [1.807, 2.05) is 13.8 Å². The van der Waals surface area contributed by atoms with Crippen molar-refractivity contribution in [3.8, 4) is 11.5 Å². The molecule has 0 bridgehead atoms. The molecule has 0 N–H and O–H groups in total. The molecule has 0 aliphatic rings. The summed E-state index contributed by atoms with van der Waals surface area (Å²) in [6.07, 6.45) is 0. The monoisotopic (exact) mass is 300 g/mol. The van der Waals surface area contributed by atoms with Crippen molar-refractivity contribution in [3.05, 3.63) is 58.4 Å². The first kappa shape index (κ1) is 14.7. The molecular weight excluding hydrogens is 289 g/mol. The Labute approximate surface area is 119 Å². The van der Waals surface area contributed by atoms with Gasteiger partial charge in [0.15, 0.2) is 11.6 Å². The lowest BCUT2D eigenvalue weighted by atomic mass is 10.0. The van der Waals surface area contributed by atoms with E-state index in [1.54, 1.807) is 12.1 Å². The Morgan fingerprint density at radius 1 is 0.950 bits per heavy atom. The zero-order chi connectivity index (χ0) is 14.9. The lowest BCUT2D eigenvalue weighted by Gasteiger charge is -2.11. The molecule has 0 unspecified atom stereocenters. The van der Waals surface area contributed by atoms with Gasteiger partial charge in [-0.05, 0) is 23.6 Å². The van der Waals surface area contributed by atoms with Gasteiger partial charge in [-0.2, -0.15) is 0 Å². The summed E-state index contributed by atoms with van der Waals surface area (Å²) in [5.74, 6) is -2.43. The van der Waals surface area contributed by atoms with Gasteiger partial charge in [-0.3, -0.25) is 0 Å². The molecule has 0 aliphatic heterocycles. The summed E-state index contributed by atoms with van der Waals surface area (Å²) in [5.41, 5.74) is 0.550. The van der Waals surface area contributed by atoms with Gasteiger partial charge < -0.3 is 4.74 Å². The Balaban J connectivity index is 2.31. The molecule has 0 fully saturated rings. The van der Waals surface area contributed by atoms with Crippen molar-refractivity contribution in [3.63, 3.8) is 0 Å². The predicted molar refractivity (Wildman–Crippen MR) is 71.9 cm³/mol. The third kappa shape index (κ3) is 3.07. The van der Waals surface area contributed by atoms with Crippen LogP contribution in [0, 0.1) is 17.5 Å². The molecule has 0 aromatic heterocycles. The Bertz CT molecular complexity index is 641. The van der Waals surface area contributed by atoms with Gasteiger partial charge in [0.05, 0.1) is 5.02 Å². The number of ether oxygens (including phenoxy) is 1. The largest absolute Gasteiger partial charge is 0.456 e. The van der Waals surface area contributed by atoms with Gasteiger partial charge in [-0.15, -0.1) is 0 Å². The second-order valence-electron chi connectivity index (χ2n) is 4.64. The Morgan fingerprint density at radius 2 is 1.60 bits per heavy atom. The first-order valence-electron chi connectivity index (χ1n) is 6.00. The fourth-order valence-electron chi connectivity index (χ4n) is 1.75. The molecule has 0 amide bonds. The first-order valence-corrected chi connectivity index (χ1v) is 6.38. The normalized spacial score (nSPS) is 10.9. The maximum atomic E-state index is 13.8. The quantitative estimate of drug-likeness (QED) is 0.663. The van der Waals surface area contributed by atoms with Crippen LogP contribution in [0.5, 0.6) is 11.5 Å². The highest BCUT2D eigenvalue weighted by Gasteiger charge is 2.12. The lowest BCUT2D eigenvalue weighted by molar-refractivity contribution is 0.457. The molecule has 1 nitrogen and oxygen atoms in total. The van der Waals surface area contributed by atoms with Crippen molar-refractivity contribution < 1.29 is 17.9 Å². The minimum absolute atomic E-state index is 0.0379. The van der Waals surface area contributed by atoms with Gasteiger partial charge in [-0.1, -0.05) is 31.5 Å². The van der Waals surface area contributed by atoms with Crippen LogP contribution < -0.4 is 4.74 Å². The van der Waals surface area contributed by atoms with E-state index in [9.17, 15) is 13.2 Å². The second kappa shape index (κ2) is 5.75. The Morgan fingerprint density at radius 3 is 2.20 bits per heavy atom. The van der Waals surface area contributed by atoms with Crippen LogP contribution in [-0.4, -0.2) is 0 Å². The molecule has 0 saturated carbocycles. The molecule has 106 valence electrons. The highest BCUT2D eigenvalue weighted by Crippen LogP contribution is 2.32. The lowest BCUT2D eigenvalue weighted by Crippen LogP contribution is -1.95. The molecule has 0 radical (unpaired) electrons. The van der Waals surface area contributed by atoms with Gasteiger partial charge in [0.25, 0.3) is 0 Å². The zero-order valence-corrected chi connectivity index (χ0v) is 11.6. The summed E-state index contributed by atoms with van der Waals surface area (Å²) in [6.45, 7) is 3.73. The van der Waals surface area contributed by atoms with Gasteiger partial charge in [0.1, 0.15) is 17.3 Å². The molecule has 2 rings (SSSR count). The van der Waals surface area contributed by atoms with E-state index < -0.39 is 17.5 Å². The van der Waals surface area contributed by atoms with Crippen molar-refractivity contribution >= 4 is 11.6 Å². The molecule has 5 heteroatoms. The van der Waals surface area contributed by atoms with Crippen LogP contribution in [0.2, 0.25) is 5.02 Å². The first-order chi connectivity index (χ1) is 9.38. The summed E-state index contributed by atoms with van der Waals surface area (Å²) in [4.78, 5) is 0. The molecule has 2 aromatic rings. The Hall–Kier alpha value is -1.68. The van der Waals surface area contributed by atoms with Crippen LogP contribution in [0.4, 0.5) is 13.2 Å². The third-order valence-corrected chi connectivity index (χ3v) is 3.09. The molecule has 0 spiro atoms. The molecule has 0 heterocycles. The summed E-state index contributed by atoms with van der Waals surface area (Å²) >= 11 is 5.75.